The molecule has 0 atom stereocenters. The summed E-state index contributed by atoms with van der Waals surface area (Å²) < 4.78 is 5.58. The number of hydrogen-bond donors (Lipinski definition) is 0. The highest BCUT2D eigenvalue weighted by Gasteiger charge is 2.02. The zero-order chi connectivity index (χ0) is 10.9. The van der Waals surface area contributed by atoms with Crippen LogP contribution in [0.1, 0.15) is 38.2 Å². The highest BCUT2D eigenvalue weighted by molar-refractivity contribution is 6.17. The van der Waals surface area contributed by atoms with Crippen LogP contribution in [0.3, 0.4) is 0 Å². The molecule has 0 unspecified atom stereocenters. The van der Waals surface area contributed by atoms with Gasteiger partial charge in [-0.25, -0.2) is 4.98 Å². The summed E-state index contributed by atoms with van der Waals surface area (Å²) in [5.41, 5.74) is 0.967. The van der Waals surface area contributed by atoms with Gasteiger partial charge in [0.05, 0.1) is 12.5 Å². The second-order valence-corrected chi connectivity index (χ2v) is 3.78. The second kappa shape index (κ2) is 7.52. The first-order valence-corrected chi connectivity index (χ1v) is 6.04. The summed E-state index contributed by atoms with van der Waals surface area (Å²) in [6.07, 6.45) is 6.56. The molecule has 0 amide bonds. The van der Waals surface area contributed by atoms with Gasteiger partial charge >= 0.3 is 0 Å². The fraction of sp³-hybridized carbons (Fsp3) is 0.583. The van der Waals surface area contributed by atoms with Crippen LogP contribution in [0.25, 0.3) is 0 Å². The summed E-state index contributed by atoms with van der Waals surface area (Å²) in [6.45, 7) is 2.94. The van der Waals surface area contributed by atoms with Crippen molar-refractivity contribution < 1.29 is 4.74 Å². The van der Waals surface area contributed by atoms with Crippen molar-refractivity contribution in [1.82, 2.24) is 4.98 Å². The minimum Gasteiger partial charge on any atom is -0.477 e. The number of halogens is 1. The SMILES string of the molecule is CCCCCCOc1ncccc1CCl. The third-order valence-electron chi connectivity index (χ3n) is 2.23. The minimum atomic E-state index is 0.456. The van der Waals surface area contributed by atoms with Gasteiger partial charge in [-0.05, 0) is 12.5 Å². The van der Waals surface area contributed by atoms with Crippen molar-refractivity contribution in [3.63, 3.8) is 0 Å². The quantitative estimate of drug-likeness (QED) is 0.523. The maximum atomic E-state index is 5.77. The molecule has 0 N–H and O–H groups in total. The maximum absolute atomic E-state index is 5.77. The summed E-state index contributed by atoms with van der Waals surface area (Å²) in [5, 5.41) is 0. The molecular formula is C12H18ClNO. The lowest BCUT2D eigenvalue weighted by Crippen LogP contribution is -2.01. The van der Waals surface area contributed by atoms with E-state index >= 15 is 0 Å². The van der Waals surface area contributed by atoms with Crippen molar-refractivity contribution in [2.75, 3.05) is 6.61 Å². The van der Waals surface area contributed by atoms with Crippen LogP contribution in [-0.4, -0.2) is 11.6 Å². The van der Waals surface area contributed by atoms with Gasteiger partial charge in [0.1, 0.15) is 0 Å². The molecule has 0 aromatic carbocycles. The molecule has 0 saturated heterocycles. The molecular weight excluding hydrogens is 210 g/mol. The van der Waals surface area contributed by atoms with Gasteiger partial charge < -0.3 is 4.74 Å². The lowest BCUT2D eigenvalue weighted by atomic mass is 10.2. The van der Waals surface area contributed by atoms with Crippen LogP contribution in [0.5, 0.6) is 5.88 Å². The molecule has 0 aliphatic rings. The van der Waals surface area contributed by atoms with Crippen molar-refractivity contribution in [3.05, 3.63) is 23.9 Å². The molecule has 1 aromatic rings. The first-order valence-electron chi connectivity index (χ1n) is 5.51. The van der Waals surface area contributed by atoms with Crippen LogP contribution < -0.4 is 4.74 Å². The third kappa shape index (κ3) is 4.52. The Labute approximate surface area is 96.6 Å². The molecule has 0 spiro atoms. The second-order valence-electron chi connectivity index (χ2n) is 3.51. The summed E-state index contributed by atoms with van der Waals surface area (Å²) in [4.78, 5) is 4.16. The van der Waals surface area contributed by atoms with Crippen LogP contribution in [0.4, 0.5) is 0 Å². The Morgan fingerprint density at radius 1 is 1.33 bits per heavy atom. The van der Waals surface area contributed by atoms with E-state index in [1.807, 2.05) is 12.1 Å². The van der Waals surface area contributed by atoms with Gasteiger partial charge in [0, 0.05) is 11.8 Å². The van der Waals surface area contributed by atoms with Crippen molar-refractivity contribution in [3.8, 4) is 5.88 Å². The fourth-order valence-electron chi connectivity index (χ4n) is 1.35. The standard InChI is InChI=1S/C12H18ClNO/c1-2-3-4-5-9-15-12-11(10-13)7-6-8-14-12/h6-8H,2-5,9-10H2,1H3. The number of hydrogen-bond acceptors (Lipinski definition) is 2. The molecule has 15 heavy (non-hydrogen) atoms. The maximum Gasteiger partial charge on any atom is 0.217 e. The predicted molar refractivity (Wildman–Crippen MR) is 63.4 cm³/mol. The smallest absolute Gasteiger partial charge is 0.217 e. The van der Waals surface area contributed by atoms with Gasteiger partial charge in [-0.15, -0.1) is 11.6 Å². The summed E-state index contributed by atoms with van der Waals surface area (Å²) in [5.74, 6) is 1.14. The monoisotopic (exact) mass is 227 g/mol. The molecule has 1 heterocycles. The number of pyridine rings is 1. The Hall–Kier alpha value is -0.760. The third-order valence-corrected chi connectivity index (χ3v) is 2.52. The highest BCUT2D eigenvalue weighted by Crippen LogP contribution is 2.16. The van der Waals surface area contributed by atoms with Crippen molar-refractivity contribution >= 4 is 11.6 Å². The molecule has 0 radical (unpaired) electrons. The molecule has 3 heteroatoms. The van der Waals surface area contributed by atoms with Crippen LogP contribution in [0.2, 0.25) is 0 Å². The molecule has 0 saturated carbocycles. The Kier molecular flexibility index (Phi) is 6.17. The summed E-state index contributed by atoms with van der Waals surface area (Å²) in [6, 6.07) is 3.82. The molecule has 0 fully saturated rings. The lowest BCUT2D eigenvalue weighted by molar-refractivity contribution is 0.291. The number of ether oxygens (including phenoxy) is 1. The summed E-state index contributed by atoms with van der Waals surface area (Å²) in [7, 11) is 0. The van der Waals surface area contributed by atoms with Gasteiger partial charge in [-0.3, -0.25) is 0 Å². The molecule has 1 rings (SSSR count). The number of aromatic nitrogens is 1. The molecule has 0 aliphatic carbocycles. The summed E-state index contributed by atoms with van der Waals surface area (Å²) >= 11 is 5.77. The van der Waals surface area contributed by atoms with E-state index in [0.29, 0.717) is 11.8 Å². The zero-order valence-corrected chi connectivity index (χ0v) is 9.96. The topological polar surface area (TPSA) is 22.1 Å². The van der Waals surface area contributed by atoms with E-state index in [9.17, 15) is 0 Å². The van der Waals surface area contributed by atoms with Gasteiger partial charge in [0.15, 0.2) is 0 Å². The lowest BCUT2D eigenvalue weighted by Gasteiger charge is -2.07. The molecule has 84 valence electrons. The number of nitrogens with zero attached hydrogens (tertiary/aromatic N) is 1. The average molecular weight is 228 g/mol. The number of unbranched alkanes of at least 4 members (excludes halogenated alkanes) is 3. The molecule has 0 aliphatic heterocycles. The zero-order valence-electron chi connectivity index (χ0n) is 9.21. The van der Waals surface area contributed by atoms with E-state index in [0.717, 1.165) is 18.6 Å². The fourth-order valence-corrected chi connectivity index (χ4v) is 1.56. The molecule has 2 nitrogen and oxygen atoms in total. The number of rotatable bonds is 7. The van der Waals surface area contributed by atoms with Gasteiger partial charge in [-0.2, -0.15) is 0 Å². The molecule has 0 bridgehead atoms. The highest BCUT2D eigenvalue weighted by atomic mass is 35.5. The van der Waals surface area contributed by atoms with Gasteiger partial charge in [-0.1, -0.05) is 32.3 Å². The van der Waals surface area contributed by atoms with E-state index in [1.54, 1.807) is 6.20 Å². The first-order chi connectivity index (χ1) is 7.38. The normalized spacial score (nSPS) is 10.3. The van der Waals surface area contributed by atoms with E-state index in [2.05, 4.69) is 11.9 Å². The Balaban J connectivity index is 2.30. The van der Waals surface area contributed by atoms with E-state index < -0.39 is 0 Å². The van der Waals surface area contributed by atoms with Gasteiger partial charge in [0.2, 0.25) is 5.88 Å². The molecule has 1 aromatic heterocycles. The Bertz CT molecular complexity index is 278. The van der Waals surface area contributed by atoms with Gasteiger partial charge in [0.25, 0.3) is 0 Å². The average Bonchev–Trinajstić information content (AvgIpc) is 2.29. The van der Waals surface area contributed by atoms with Crippen molar-refractivity contribution in [1.29, 1.82) is 0 Å². The Morgan fingerprint density at radius 2 is 2.20 bits per heavy atom. The van der Waals surface area contributed by atoms with Crippen LogP contribution in [-0.2, 0) is 5.88 Å². The minimum absolute atomic E-state index is 0.456. The van der Waals surface area contributed by atoms with E-state index in [-0.39, 0.29) is 0 Å². The van der Waals surface area contributed by atoms with Crippen molar-refractivity contribution in [2.45, 2.75) is 38.5 Å². The van der Waals surface area contributed by atoms with Crippen LogP contribution in [0, 0.1) is 0 Å². The first kappa shape index (κ1) is 12.3. The largest absolute Gasteiger partial charge is 0.477 e. The van der Waals surface area contributed by atoms with Crippen molar-refractivity contribution in [2.24, 2.45) is 0 Å². The number of alkyl halides is 1. The van der Waals surface area contributed by atoms with Crippen LogP contribution in [0.15, 0.2) is 18.3 Å². The van der Waals surface area contributed by atoms with E-state index in [4.69, 9.17) is 16.3 Å². The predicted octanol–water partition coefficient (Wildman–Crippen LogP) is 3.78. The Morgan fingerprint density at radius 3 is 2.93 bits per heavy atom. The van der Waals surface area contributed by atoms with Crippen LogP contribution >= 0.6 is 11.6 Å². The van der Waals surface area contributed by atoms with E-state index in [1.165, 1.54) is 19.3 Å².